The van der Waals surface area contributed by atoms with E-state index in [1.54, 1.807) is 43.8 Å². The lowest BCUT2D eigenvalue weighted by Gasteiger charge is -2.09. The average molecular weight is 304 g/mol. The number of amides is 1. The van der Waals surface area contributed by atoms with E-state index in [0.717, 1.165) is 0 Å². The Hall–Kier alpha value is -2.28. The topological polar surface area (TPSA) is 90.1 Å². The lowest BCUT2D eigenvalue weighted by Crippen LogP contribution is -2.13. The average Bonchev–Trinajstić information content (AvgIpc) is 2.50. The van der Waals surface area contributed by atoms with Crippen molar-refractivity contribution in [3.05, 3.63) is 36.7 Å². The minimum Gasteiger partial charge on any atom is -0.497 e. The Bertz CT molecular complexity index is 607. The van der Waals surface area contributed by atoms with Gasteiger partial charge in [-0.25, -0.2) is 9.97 Å². The fraction of sp³-hybridized carbons (Fsp3) is 0.214. The molecule has 1 amide bonds. The van der Waals surface area contributed by atoms with Crippen molar-refractivity contribution in [2.24, 2.45) is 0 Å². The van der Waals surface area contributed by atoms with Crippen molar-refractivity contribution in [1.29, 1.82) is 0 Å². The van der Waals surface area contributed by atoms with E-state index in [1.165, 1.54) is 11.8 Å². The standard InChI is InChI=1S/C14H16N4O2S/c1-20-10-3-4-12(11(15)9-10)18-13(19)5-8-21-14-16-6-2-7-17-14/h2-4,6-7,9H,5,8,15H2,1H3,(H,18,19). The van der Waals surface area contributed by atoms with Crippen LogP contribution in [-0.4, -0.2) is 28.7 Å². The molecule has 2 rings (SSSR count). The number of nitrogens with two attached hydrogens (primary N) is 1. The summed E-state index contributed by atoms with van der Waals surface area (Å²) >= 11 is 1.44. The molecular weight excluding hydrogens is 288 g/mol. The van der Waals surface area contributed by atoms with Gasteiger partial charge in [0, 0.05) is 30.6 Å². The number of rotatable bonds is 6. The summed E-state index contributed by atoms with van der Waals surface area (Å²) in [5.74, 6) is 1.16. The summed E-state index contributed by atoms with van der Waals surface area (Å²) in [6.45, 7) is 0. The zero-order chi connectivity index (χ0) is 15.1. The molecule has 1 aromatic carbocycles. The van der Waals surface area contributed by atoms with E-state index in [2.05, 4.69) is 15.3 Å². The van der Waals surface area contributed by atoms with Crippen LogP contribution in [0, 0.1) is 0 Å². The molecule has 0 unspecified atom stereocenters. The number of nitrogens with one attached hydrogen (secondary N) is 1. The molecular formula is C14H16N4O2S. The van der Waals surface area contributed by atoms with E-state index in [9.17, 15) is 4.79 Å². The highest BCUT2D eigenvalue weighted by molar-refractivity contribution is 7.99. The zero-order valence-corrected chi connectivity index (χ0v) is 12.4. The Balaban J connectivity index is 1.82. The van der Waals surface area contributed by atoms with Crippen LogP contribution < -0.4 is 15.8 Å². The quantitative estimate of drug-likeness (QED) is 0.483. The highest BCUT2D eigenvalue weighted by Gasteiger charge is 2.07. The number of hydrogen-bond donors (Lipinski definition) is 2. The molecule has 110 valence electrons. The van der Waals surface area contributed by atoms with Gasteiger partial charge in [-0.15, -0.1) is 0 Å². The number of carbonyl (C=O) groups excluding carboxylic acids is 1. The van der Waals surface area contributed by atoms with Gasteiger partial charge in [0.05, 0.1) is 18.5 Å². The van der Waals surface area contributed by atoms with E-state index in [-0.39, 0.29) is 5.91 Å². The van der Waals surface area contributed by atoms with Crippen LogP contribution in [0.15, 0.2) is 41.8 Å². The van der Waals surface area contributed by atoms with Gasteiger partial charge in [0.15, 0.2) is 5.16 Å². The van der Waals surface area contributed by atoms with Gasteiger partial charge in [0.1, 0.15) is 5.75 Å². The van der Waals surface area contributed by atoms with Gasteiger partial charge in [-0.1, -0.05) is 11.8 Å². The Morgan fingerprint density at radius 1 is 1.38 bits per heavy atom. The molecule has 0 spiro atoms. The van der Waals surface area contributed by atoms with E-state index >= 15 is 0 Å². The molecule has 0 bridgehead atoms. The van der Waals surface area contributed by atoms with Crippen molar-refractivity contribution in [3.8, 4) is 5.75 Å². The largest absolute Gasteiger partial charge is 0.497 e. The first-order valence-corrected chi connectivity index (χ1v) is 7.31. The molecule has 2 aromatic rings. The van der Waals surface area contributed by atoms with Crippen molar-refractivity contribution in [2.75, 3.05) is 23.9 Å². The number of methoxy groups -OCH3 is 1. The molecule has 3 N–H and O–H groups in total. The van der Waals surface area contributed by atoms with Crippen LogP contribution in [0.3, 0.4) is 0 Å². The molecule has 1 heterocycles. The molecule has 0 fully saturated rings. The van der Waals surface area contributed by atoms with E-state index in [0.29, 0.717) is 34.5 Å². The van der Waals surface area contributed by atoms with Crippen LogP contribution >= 0.6 is 11.8 Å². The SMILES string of the molecule is COc1ccc(NC(=O)CCSc2ncccn2)c(N)c1. The summed E-state index contributed by atoms with van der Waals surface area (Å²) in [7, 11) is 1.57. The van der Waals surface area contributed by atoms with Crippen molar-refractivity contribution in [1.82, 2.24) is 9.97 Å². The first-order valence-electron chi connectivity index (χ1n) is 6.32. The predicted octanol–water partition coefficient (Wildman–Crippen LogP) is 2.19. The molecule has 0 aliphatic heterocycles. The first kappa shape index (κ1) is 15.1. The lowest BCUT2D eigenvalue weighted by molar-refractivity contribution is -0.115. The molecule has 6 nitrogen and oxygen atoms in total. The summed E-state index contributed by atoms with van der Waals surface area (Å²) in [5.41, 5.74) is 6.90. The third kappa shape index (κ3) is 4.64. The second-order valence-corrected chi connectivity index (χ2v) is 5.19. The van der Waals surface area contributed by atoms with Crippen molar-refractivity contribution >= 4 is 29.0 Å². The Morgan fingerprint density at radius 2 is 2.14 bits per heavy atom. The normalized spacial score (nSPS) is 10.1. The lowest BCUT2D eigenvalue weighted by atomic mass is 10.2. The molecule has 0 aliphatic rings. The van der Waals surface area contributed by atoms with Crippen molar-refractivity contribution < 1.29 is 9.53 Å². The molecule has 0 aliphatic carbocycles. The van der Waals surface area contributed by atoms with Gasteiger partial charge < -0.3 is 15.8 Å². The van der Waals surface area contributed by atoms with Crippen LogP contribution in [0.1, 0.15) is 6.42 Å². The molecule has 1 aromatic heterocycles. The summed E-state index contributed by atoms with van der Waals surface area (Å²) in [6.07, 6.45) is 3.70. The maximum Gasteiger partial charge on any atom is 0.225 e. The van der Waals surface area contributed by atoms with Crippen molar-refractivity contribution in [3.63, 3.8) is 0 Å². The van der Waals surface area contributed by atoms with Gasteiger partial charge in [-0.05, 0) is 18.2 Å². The molecule has 0 saturated heterocycles. The van der Waals surface area contributed by atoms with Crippen LogP contribution in [0.2, 0.25) is 0 Å². The van der Waals surface area contributed by atoms with Gasteiger partial charge in [0.25, 0.3) is 0 Å². The summed E-state index contributed by atoms with van der Waals surface area (Å²) in [6, 6.07) is 6.89. The summed E-state index contributed by atoms with van der Waals surface area (Å²) < 4.78 is 5.06. The Kier molecular flexibility index (Phi) is 5.39. The fourth-order valence-electron chi connectivity index (χ4n) is 1.59. The maximum absolute atomic E-state index is 11.9. The van der Waals surface area contributed by atoms with E-state index in [4.69, 9.17) is 10.5 Å². The molecule has 0 saturated carbocycles. The van der Waals surface area contributed by atoms with Gasteiger partial charge in [-0.3, -0.25) is 4.79 Å². The number of carbonyl (C=O) groups is 1. The highest BCUT2D eigenvalue weighted by Crippen LogP contribution is 2.24. The van der Waals surface area contributed by atoms with E-state index in [1.807, 2.05) is 0 Å². The van der Waals surface area contributed by atoms with Gasteiger partial charge in [0.2, 0.25) is 5.91 Å². The van der Waals surface area contributed by atoms with Crippen LogP contribution in [-0.2, 0) is 4.79 Å². The number of thioether (sulfide) groups is 1. The summed E-state index contributed by atoms with van der Waals surface area (Å²) in [5, 5.41) is 3.44. The monoisotopic (exact) mass is 304 g/mol. The minimum absolute atomic E-state index is 0.102. The third-order valence-corrected chi connectivity index (χ3v) is 3.51. The second kappa shape index (κ2) is 7.49. The highest BCUT2D eigenvalue weighted by atomic mass is 32.2. The zero-order valence-electron chi connectivity index (χ0n) is 11.6. The number of nitrogen functional groups attached to an aromatic ring is 1. The maximum atomic E-state index is 11.9. The number of ether oxygens (including phenoxy) is 1. The van der Waals surface area contributed by atoms with Crippen LogP contribution in [0.5, 0.6) is 5.75 Å². The molecule has 21 heavy (non-hydrogen) atoms. The van der Waals surface area contributed by atoms with E-state index < -0.39 is 0 Å². The first-order chi connectivity index (χ1) is 10.2. The van der Waals surface area contributed by atoms with Crippen LogP contribution in [0.4, 0.5) is 11.4 Å². The molecule has 0 atom stereocenters. The number of benzene rings is 1. The summed E-state index contributed by atoms with van der Waals surface area (Å²) in [4.78, 5) is 20.0. The molecule has 0 radical (unpaired) electrons. The number of aromatic nitrogens is 2. The Morgan fingerprint density at radius 3 is 2.81 bits per heavy atom. The second-order valence-electron chi connectivity index (χ2n) is 4.13. The number of anilines is 2. The van der Waals surface area contributed by atoms with Crippen molar-refractivity contribution in [2.45, 2.75) is 11.6 Å². The number of nitrogens with zero attached hydrogens (tertiary/aromatic N) is 2. The predicted molar refractivity (Wildman–Crippen MR) is 83.4 cm³/mol. The van der Waals surface area contributed by atoms with Gasteiger partial charge >= 0.3 is 0 Å². The smallest absolute Gasteiger partial charge is 0.225 e. The fourth-order valence-corrected chi connectivity index (χ4v) is 2.33. The molecule has 7 heteroatoms. The Labute approximate surface area is 127 Å². The van der Waals surface area contributed by atoms with Gasteiger partial charge in [-0.2, -0.15) is 0 Å². The minimum atomic E-state index is -0.102. The number of hydrogen-bond acceptors (Lipinski definition) is 6. The third-order valence-electron chi connectivity index (χ3n) is 2.64. The van der Waals surface area contributed by atoms with Crippen LogP contribution in [0.25, 0.3) is 0 Å².